The Balaban J connectivity index is 1.77. The Morgan fingerprint density at radius 1 is 1.17 bits per heavy atom. The van der Waals surface area contributed by atoms with E-state index >= 15 is 0 Å². The smallest absolute Gasteiger partial charge is 0.244 e. The first-order chi connectivity index (χ1) is 14.2. The Morgan fingerprint density at radius 2 is 1.80 bits per heavy atom. The molecule has 0 spiro atoms. The summed E-state index contributed by atoms with van der Waals surface area (Å²) in [6, 6.07) is 4.88. The standard InChI is InChI=1S/C21H25Cl2N3O4/c1-4-26(10-15(27)24-18-13(22)6-5-7-14(18)23)21(30)16-11(2)8-9-12-17(16)20(29)25(3)19(12)28/h5-7,11-12,16-17H,4,8-10H2,1-3H3,(H,24,27). The molecule has 30 heavy (non-hydrogen) atoms. The van der Waals surface area contributed by atoms with Gasteiger partial charge in [0.2, 0.25) is 23.6 Å². The monoisotopic (exact) mass is 453 g/mol. The third kappa shape index (κ3) is 4.05. The number of likely N-dealkylation sites (N-methyl/N-ethyl adjacent to an activating group) is 1. The van der Waals surface area contributed by atoms with Gasteiger partial charge in [-0.05, 0) is 37.8 Å². The number of para-hydroxylation sites is 1. The molecule has 1 aliphatic heterocycles. The summed E-state index contributed by atoms with van der Waals surface area (Å²) >= 11 is 12.2. The lowest BCUT2D eigenvalue weighted by atomic mass is 9.67. The third-order valence-electron chi connectivity index (χ3n) is 6.17. The highest BCUT2D eigenvalue weighted by Gasteiger charge is 2.55. The molecule has 4 amide bonds. The van der Waals surface area contributed by atoms with E-state index in [2.05, 4.69) is 5.32 Å². The SMILES string of the molecule is CCN(CC(=O)Nc1c(Cl)cccc1Cl)C(=O)C1C(C)CCC2C(=O)N(C)C(=O)C21. The van der Waals surface area contributed by atoms with Crippen LogP contribution in [0.15, 0.2) is 18.2 Å². The van der Waals surface area contributed by atoms with E-state index in [1.165, 1.54) is 11.9 Å². The van der Waals surface area contributed by atoms with Crippen LogP contribution >= 0.6 is 23.2 Å². The minimum absolute atomic E-state index is 0.0582. The predicted molar refractivity (Wildman–Crippen MR) is 114 cm³/mol. The van der Waals surface area contributed by atoms with Gasteiger partial charge < -0.3 is 10.2 Å². The van der Waals surface area contributed by atoms with Crippen molar-refractivity contribution in [2.45, 2.75) is 26.7 Å². The molecule has 4 atom stereocenters. The maximum atomic E-state index is 13.4. The van der Waals surface area contributed by atoms with Crippen molar-refractivity contribution < 1.29 is 19.2 Å². The Kier molecular flexibility index (Phi) is 6.72. The molecule has 1 saturated carbocycles. The van der Waals surface area contributed by atoms with E-state index in [1.807, 2.05) is 6.92 Å². The zero-order valence-corrected chi connectivity index (χ0v) is 18.7. The van der Waals surface area contributed by atoms with Gasteiger partial charge in [-0.2, -0.15) is 0 Å². The van der Waals surface area contributed by atoms with Crippen molar-refractivity contribution in [3.63, 3.8) is 0 Å². The number of nitrogens with one attached hydrogen (secondary N) is 1. The van der Waals surface area contributed by atoms with Gasteiger partial charge >= 0.3 is 0 Å². The summed E-state index contributed by atoms with van der Waals surface area (Å²) in [7, 11) is 1.47. The summed E-state index contributed by atoms with van der Waals surface area (Å²) < 4.78 is 0. The third-order valence-corrected chi connectivity index (χ3v) is 6.80. The van der Waals surface area contributed by atoms with Gasteiger partial charge in [-0.15, -0.1) is 0 Å². The highest BCUT2D eigenvalue weighted by atomic mass is 35.5. The van der Waals surface area contributed by atoms with Gasteiger partial charge in [0.25, 0.3) is 0 Å². The molecule has 0 bridgehead atoms. The minimum atomic E-state index is -0.658. The van der Waals surface area contributed by atoms with Crippen molar-refractivity contribution in [1.82, 2.24) is 9.80 Å². The minimum Gasteiger partial charge on any atom is -0.333 e. The maximum Gasteiger partial charge on any atom is 0.244 e. The molecule has 9 heteroatoms. The highest BCUT2D eigenvalue weighted by Crippen LogP contribution is 2.45. The highest BCUT2D eigenvalue weighted by molar-refractivity contribution is 6.39. The van der Waals surface area contributed by atoms with E-state index in [9.17, 15) is 19.2 Å². The normalized spacial score (nSPS) is 25.8. The summed E-state index contributed by atoms with van der Waals surface area (Å²) in [6.07, 6.45) is 1.28. The lowest BCUT2D eigenvalue weighted by Gasteiger charge is -2.37. The number of carbonyl (C=O) groups excluding carboxylic acids is 4. The van der Waals surface area contributed by atoms with Crippen molar-refractivity contribution in [3.8, 4) is 0 Å². The molecule has 4 unspecified atom stereocenters. The molecule has 2 aliphatic rings. The number of carbonyl (C=O) groups is 4. The molecule has 1 N–H and O–H groups in total. The number of fused-ring (bicyclic) bond motifs is 1. The fraction of sp³-hybridized carbons (Fsp3) is 0.524. The quantitative estimate of drug-likeness (QED) is 0.693. The van der Waals surface area contributed by atoms with Crippen LogP contribution in [0.2, 0.25) is 10.0 Å². The average Bonchev–Trinajstić information content (AvgIpc) is 2.92. The molecular formula is C21H25Cl2N3O4. The van der Waals surface area contributed by atoms with Crippen LogP contribution in [0.3, 0.4) is 0 Å². The van der Waals surface area contributed by atoms with Crippen LogP contribution in [0.25, 0.3) is 0 Å². The van der Waals surface area contributed by atoms with Crippen molar-refractivity contribution in [3.05, 3.63) is 28.2 Å². The Bertz CT molecular complexity index is 871. The number of likely N-dealkylation sites (tertiary alicyclic amines) is 1. The van der Waals surface area contributed by atoms with Gasteiger partial charge in [-0.25, -0.2) is 0 Å². The van der Waals surface area contributed by atoms with Gasteiger partial charge in [-0.1, -0.05) is 36.2 Å². The van der Waals surface area contributed by atoms with Gasteiger partial charge in [0.1, 0.15) is 0 Å². The fourth-order valence-corrected chi connectivity index (χ4v) is 5.00. The van der Waals surface area contributed by atoms with E-state index in [0.29, 0.717) is 35.1 Å². The number of rotatable bonds is 5. The van der Waals surface area contributed by atoms with E-state index in [1.54, 1.807) is 25.1 Å². The molecule has 7 nitrogen and oxygen atoms in total. The van der Waals surface area contributed by atoms with Crippen molar-refractivity contribution >= 4 is 52.5 Å². The topological polar surface area (TPSA) is 86.8 Å². The maximum absolute atomic E-state index is 13.4. The Morgan fingerprint density at radius 3 is 2.40 bits per heavy atom. The molecule has 0 radical (unpaired) electrons. The average molecular weight is 454 g/mol. The van der Waals surface area contributed by atoms with Crippen molar-refractivity contribution in [2.24, 2.45) is 23.7 Å². The molecule has 1 saturated heterocycles. The molecule has 1 aromatic carbocycles. The van der Waals surface area contributed by atoms with Crippen LogP contribution in [0.4, 0.5) is 5.69 Å². The number of nitrogens with zero attached hydrogens (tertiary/aromatic N) is 2. The molecule has 1 aliphatic carbocycles. The van der Waals surface area contributed by atoms with Crippen molar-refractivity contribution in [2.75, 3.05) is 25.5 Å². The molecule has 3 rings (SSSR count). The first-order valence-corrected chi connectivity index (χ1v) is 10.8. The Hall–Kier alpha value is -2.12. The van der Waals surface area contributed by atoms with E-state index < -0.39 is 23.7 Å². The first kappa shape index (κ1) is 22.6. The zero-order chi connectivity index (χ0) is 22.2. The number of benzene rings is 1. The number of anilines is 1. The summed E-state index contributed by atoms with van der Waals surface area (Å²) in [6.45, 7) is 3.79. The van der Waals surface area contributed by atoms with Crippen LogP contribution in [0, 0.1) is 23.7 Å². The number of hydrogen-bond donors (Lipinski definition) is 1. The number of imide groups is 1. The van der Waals surface area contributed by atoms with Gasteiger partial charge in [-0.3, -0.25) is 24.1 Å². The first-order valence-electron chi connectivity index (χ1n) is 10.0. The van der Waals surface area contributed by atoms with Gasteiger partial charge in [0.05, 0.1) is 40.0 Å². The number of halogens is 2. The molecule has 1 aromatic rings. The second kappa shape index (κ2) is 8.94. The Labute approximate surface area is 185 Å². The van der Waals surface area contributed by atoms with Crippen LogP contribution in [-0.2, 0) is 19.2 Å². The zero-order valence-electron chi connectivity index (χ0n) is 17.2. The summed E-state index contributed by atoms with van der Waals surface area (Å²) in [5.41, 5.74) is 0.290. The van der Waals surface area contributed by atoms with E-state index in [-0.39, 0.29) is 30.2 Å². The number of amides is 4. The molecule has 162 valence electrons. The van der Waals surface area contributed by atoms with Crippen LogP contribution < -0.4 is 5.32 Å². The van der Waals surface area contributed by atoms with Gasteiger partial charge in [0.15, 0.2) is 0 Å². The van der Waals surface area contributed by atoms with Crippen LogP contribution in [0.1, 0.15) is 26.7 Å². The second-order valence-corrected chi connectivity index (χ2v) is 8.76. The lowest BCUT2D eigenvalue weighted by molar-refractivity contribution is -0.148. The van der Waals surface area contributed by atoms with Crippen LogP contribution in [0.5, 0.6) is 0 Å². The molecular weight excluding hydrogens is 429 g/mol. The summed E-state index contributed by atoms with van der Waals surface area (Å²) in [5, 5.41) is 3.25. The summed E-state index contributed by atoms with van der Waals surface area (Å²) in [5.74, 6) is -3.04. The fourth-order valence-electron chi connectivity index (χ4n) is 4.51. The number of hydrogen-bond acceptors (Lipinski definition) is 4. The molecule has 0 aromatic heterocycles. The largest absolute Gasteiger partial charge is 0.333 e. The van der Waals surface area contributed by atoms with Crippen LogP contribution in [-0.4, -0.2) is 53.6 Å². The van der Waals surface area contributed by atoms with Gasteiger partial charge in [0, 0.05) is 13.6 Å². The van der Waals surface area contributed by atoms with Crippen molar-refractivity contribution in [1.29, 1.82) is 0 Å². The van der Waals surface area contributed by atoms with E-state index in [4.69, 9.17) is 23.2 Å². The lowest BCUT2D eigenvalue weighted by Crippen LogP contribution is -2.49. The molecule has 1 heterocycles. The van der Waals surface area contributed by atoms with E-state index in [0.717, 1.165) is 4.90 Å². The molecule has 2 fully saturated rings. The predicted octanol–water partition coefficient (Wildman–Crippen LogP) is 3.06. The summed E-state index contributed by atoms with van der Waals surface area (Å²) in [4.78, 5) is 53.6. The second-order valence-electron chi connectivity index (χ2n) is 7.95.